The number of carbonyl (C=O) groups is 1. The van der Waals surface area contributed by atoms with E-state index in [1.807, 2.05) is 0 Å². The van der Waals surface area contributed by atoms with Gasteiger partial charge >= 0.3 is 6.18 Å². The summed E-state index contributed by atoms with van der Waals surface area (Å²) in [7, 11) is 0. The van der Waals surface area contributed by atoms with Crippen LogP contribution in [0.15, 0.2) is 18.2 Å². The van der Waals surface area contributed by atoms with Gasteiger partial charge in [-0.15, -0.1) is 0 Å². The average molecular weight is 299 g/mol. The molecule has 0 fully saturated rings. The van der Waals surface area contributed by atoms with E-state index in [0.717, 1.165) is 44.2 Å². The number of carbonyl (C=O) groups excluding carboxylic acids is 1. The SMILES string of the molecule is CCCCCCCC1C(=O)Nc2ccc(C(F)(F)F)cc21. The number of nitrogens with one attached hydrogen (secondary N) is 1. The highest BCUT2D eigenvalue weighted by molar-refractivity contribution is 6.02. The van der Waals surface area contributed by atoms with Gasteiger partial charge in [-0.2, -0.15) is 13.2 Å². The predicted molar refractivity (Wildman–Crippen MR) is 76.2 cm³/mol. The van der Waals surface area contributed by atoms with E-state index in [0.29, 0.717) is 17.7 Å². The van der Waals surface area contributed by atoms with E-state index in [4.69, 9.17) is 0 Å². The molecule has 1 aromatic carbocycles. The minimum absolute atomic E-state index is 0.181. The topological polar surface area (TPSA) is 29.1 Å². The Hall–Kier alpha value is -1.52. The monoisotopic (exact) mass is 299 g/mol. The van der Waals surface area contributed by atoms with Gasteiger partial charge in [0, 0.05) is 5.69 Å². The molecule has 0 bridgehead atoms. The summed E-state index contributed by atoms with van der Waals surface area (Å²) in [5, 5.41) is 2.67. The summed E-state index contributed by atoms with van der Waals surface area (Å²) in [6.45, 7) is 2.12. The van der Waals surface area contributed by atoms with Crippen molar-refractivity contribution < 1.29 is 18.0 Å². The van der Waals surface area contributed by atoms with Crippen LogP contribution in [0.5, 0.6) is 0 Å². The van der Waals surface area contributed by atoms with Crippen LogP contribution < -0.4 is 5.32 Å². The number of hydrogen-bond donors (Lipinski definition) is 1. The molecule has 2 rings (SSSR count). The van der Waals surface area contributed by atoms with Crippen molar-refractivity contribution in [3.8, 4) is 0 Å². The van der Waals surface area contributed by atoms with Gasteiger partial charge in [-0.25, -0.2) is 0 Å². The van der Waals surface area contributed by atoms with Crippen molar-refractivity contribution in [1.29, 1.82) is 0 Å². The van der Waals surface area contributed by atoms with Gasteiger partial charge in [0.15, 0.2) is 0 Å². The number of anilines is 1. The van der Waals surface area contributed by atoms with Gasteiger partial charge < -0.3 is 5.32 Å². The number of alkyl halides is 3. The number of rotatable bonds is 6. The molecule has 1 N–H and O–H groups in total. The molecule has 0 spiro atoms. The van der Waals surface area contributed by atoms with Gasteiger partial charge in [-0.1, -0.05) is 39.0 Å². The second-order valence-electron chi connectivity index (χ2n) is 5.54. The number of benzene rings is 1. The van der Waals surface area contributed by atoms with E-state index in [1.54, 1.807) is 0 Å². The Bertz CT molecular complexity index is 511. The van der Waals surface area contributed by atoms with Crippen LogP contribution in [0.4, 0.5) is 18.9 Å². The molecule has 0 saturated carbocycles. The highest BCUT2D eigenvalue weighted by Crippen LogP contribution is 2.40. The molecule has 1 unspecified atom stereocenters. The molecule has 1 aromatic rings. The maximum atomic E-state index is 12.8. The summed E-state index contributed by atoms with van der Waals surface area (Å²) >= 11 is 0. The molecular weight excluding hydrogens is 279 g/mol. The largest absolute Gasteiger partial charge is 0.416 e. The first-order chi connectivity index (χ1) is 9.93. The van der Waals surface area contributed by atoms with Crippen LogP contribution in [0.1, 0.15) is 62.5 Å². The molecule has 116 valence electrons. The molecule has 0 radical (unpaired) electrons. The average Bonchev–Trinajstić information content (AvgIpc) is 2.73. The lowest BCUT2D eigenvalue weighted by Crippen LogP contribution is -2.12. The summed E-state index contributed by atoms with van der Waals surface area (Å²) < 4.78 is 38.3. The van der Waals surface area contributed by atoms with Gasteiger partial charge in [0.2, 0.25) is 5.91 Å². The van der Waals surface area contributed by atoms with Crippen LogP contribution in [0.3, 0.4) is 0 Å². The zero-order valence-electron chi connectivity index (χ0n) is 12.1. The van der Waals surface area contributed by atoms with Gasteiger partial charge in [-0.05, 0) is 30.2 Å². The number of unbranched alkanes of at least 4 members (excludes halogenated alkanes) is 4. The predicted octanol–water partition coefficient (Wildman–Crippen LogP) is 5.10. The molecule has 5 heteroatoms. The fourth-order valence-corrected chi connectivity index (χ4v) is 2.74. The smallest absolute Gasteiger partial charge is 0.325 e. The van der Waals surface area contributed by atoms with Crippen LogP contribution in [0.25, 0.3) is 0 Å². The molecule has 1 heterocycles. The Morgan fingerprint density at radius 1 is 1.14 bits per heavy atom. The lowest BCUT2D eigenvalue weighted by molar-refractivity contribution is -0.137. The van der Waals surface area contributed by atoms with Crippen LogP contribution >= 0.6 is 0 Å². The van der Waals surface area contributed by atoms with Crippen molar-refractivity contribution in [1.82, 2.24) is 0 Å². The summed E-state index contributed by atoms with van der Waals surface area (Å²) in [5.74, 6) is -0.622. The van der Waals surface area contributed by atoms with E-state index in [-0.39, 0.29) is 5.91 Å². The quantitative estimate of drug-likeness (QED) is 0.727. The third-order valence-electron chi connectivity index (χ3n) is 3.93. The van der Waals surface area contributed by atoms with Crippen molar-refractivity contribution >= 4 is 11.6 Å². The summed E-state index contributed by atoms with van der Waals surface area (Å²) in [5.41, 5.74) is 0.325. The van der Waals surface area contributed by atoms with Gasteiger partial charge in [0.25, 0.3) is 0 Å². The van der Waals surface area contributed by atoms with Crippen molar-refractivity contribution in [3.63, 3.8) is 0 Å². The number of halogens is 3. The van der Waals surface area contributed by atoms with Crippen LogP contribution in [0, 0.1) is 0 Å². The van der Waals surface area contributed by atoms with Crippen molar-refractivity contribution in [2.24, 2.45) is 0 Å². The Labute approximate surface area is 122 Å². The minimum Gasteiger partial charge on any atom is -0.325 e. The Kier molecular flexibility index (Phi) is 4.91. The van der Waals surface area contributed by atoms with Crippen molar-refractivity contribution in [2.75, 3.05) is 5.32 Å². The lowest BCUT2D eigenvalue weighted by atomic mass is 9.93. The van der Waals surface area contributed by atoms with E-state index in [1.165, 1.54) is 6.07 Å². The summed E-state index contributed by atoms with van der Waals surface area (Å²) in [6, 6.07) is 3.49. The zero-order chi connectivity index (χ0) is 15.5. The first-order valence-corrected chi connectivity index (χ1v) is 7.45. The van der Waals surface area contributed by atoms with Crippen molar-refractivity contribution in [3.05, 3.63) is 29.3 Å². The summed E-state index contributed by atoms with van der Waals surface area (Å²) in [4.78, 5) is 11.9. The maximum absolute atomic E-state index is 12.8. The molecular formula is C16H20F3NO. The second kappa shape index (κ2) is 6.50. The fourth-order valence-electron chi connectivity index (χ4n) is 2.74. The van der Waals surface area contributed by atoms with Gasteiger partial charge in [-0.3, -0.25) is 4.79 Å². The van der Waals surface area contributed by atoms with E-state index >= 15 is 0 Å². The zero-order valence-corrected chi connectivity index (χ0v) is 12.1. The molecule has 0 aliphatic carbocycles. The number of amides is 1. The third-order valence-corrected chi connectivity index (χ3v) is 3.93. The normalized spacial score (nSPS) is 17.7. The summed E-state index contributed by atoms with van der Waals surface area (Å²) in [6.07, 6.45) is 1.55. The molecule has 1 aliphatic rings. The molecule has 1 amide bonds. The third kappa shape index (κ3) is 3.77. The van der Waals surface area contributed by atoms with Crippen LogP contribution in [0.2, 0.25) is 0 Å². The van der Waals surface area contributed by atoms with Crippen LogP contribution in [-0.2, 0) is 11.0 Å². The first-order valence-electron chi connectivity index (χ1n) is 7.45. The molecule has 0 saturated heterocycles. The van der Waals surface area contributed by atoms with E-state index in [2.05, 4.69) is 12.2 Å². The Morgan fingerprint density at radius 3 is 2.52 bits per heavy atom. The Balaban J connectivity index is 2.06. The molecule has 1 aliphatic heterocycles. The van der Waals surface area contributed by atoms with E-state index in [9.17, 15) is 18.0 Å². The maximum Gasteiger partial charge on any atom is 0.416 e. The van der Waals surface area contributed by atoms with Gasteiger partial charge in [0.1, 0.15) is 0 Å². The highest BCUT2D eigenvalue weighted by atomic mass is 19.4. The number of hydrogen-bond acceptors (Lipinski definition) is 1. The van der Waals surface area contributed by atoms with Gasteiger partial charge in [0.05, 0.1) is 11.5 Å². The number of fused-ring (bicyclic) bond motifs is 1. The first kappa shape index (κ1) is 15.9. The lowest BCUT2D eigenvalue weighted by Gasteiger charge is -2.11. The second-order valence-corrected chi connectivity index (χ2v) is 5.54. The fraction of sp³-hybridized carbons (Fsp3) is 0.562. The Morgan fingerprint density at radius 2 is 1.86 bits per heavy atom. The standard InChI is InChI=1S/C16H20F3NO/c1-2-3-4-5-6-7-12-13-10-11(16(17,18)19)8-9-14(13)20-15(12)21/h8-10,12H,2-7H2,1H3,(H,20,21). The van der Waals surface area contributed by atoms with Crippen molar-refractivity contribution in [2.45, 2.75) is 57.5 Å². The molecule has 1 atom stereocenters. The van der Waals surface area contributed by atoms with E-state index < -0.39 is 17.7 Å². The van der Waals surface area contributed by atoms with Crippen LogP contribution in [-0.4, -0.2) is 5.91 Å². The highest BCUT2D eigenvalue weighted by Gasteiger charge is 2.35. The molecule has 2 nitrogen and oxygen atoms in total. The molecule has 21 heavy (non-hydrogen) atoms. The minimum atomic E-state index is -4.37. The molecule has 0 aromatic heterocycles.